The molecule has 1 aromatic rings. The lowest BCUT2D eigenvalue weighted by Gasteiger charge is -2.21. The van der Waals surface area contributed by atoms with Crippen molar-refractivity contribution >= 4 is 17.6 Å². The van der Waals surface area contributed by atoms with E-state index in [4.69, 9.17) is 22.4 Å². The van der Waals surface area contributed by atoms with Gasteiger partial charge in [0.25, 0.3) is 0 Å². The summed E-state index contributed by atoms with van der Waals surface area (Å²) in [6.45, 7) is 1.95. The van der Waals surface area contributed by atoms with Crippen LogP contribution in [0.5, 0.6) is 0 Å². The molecule has 0 radical (unpaired) electrons. The summed E-state index contributed by atoms with van der Waals surface area (Å²) >= 11 is 5.89. The number of carboxylic acids is 1. The van der Waals surface area contributed by atoms with E-state index in [0.717, 1.165) is 12.0 Å². The van der Waals surface area contributed by atoms with Crippen molar-refractivity contribution < 1.29 is 9.90 Å². The van der Waals surface area contributed by atoms with Crippen LogP contribution in [-0.2, 0) is 4.79 Å². The van der Waals surface area contributed by atoms with Gasteiger partial charge in [-0.15, -0.1) is 0 Å². The van der Waals surface area contributed by atoms with Crippen molar-refractivity contribution in [1.29, 1.82) is 0 Å². The smallest absolute Gasteiger partial charge is 0.304 e. The Morgan fingerprint density at radius 2 is 2.25 bits per heavy atom. The van der Waals surface area contributed by atoms with Crippen molar-refractivity contribution in [2.45, 2.75) is 31.7 Å². The Hall–Kier alpha value is -1.06. The number of halogens is 1. The van der Waals surface area contributed by atoms with Gasteiger partial charge in [0.2, 0.25) is 0 Å². The number of nitrogens with two attached hydrogens (primary N) is 1. The van der Waals surface area contributed by atoms with Crippen LogP contribution in [0.3, 0.4) is 0 Å². The monoisotopic (exact) mass is 241 g/mol. The normalized spacial score (nSPS) is 14.4. The van der Waals surface area contributed by atoms with Gasteiger partial charge in [-0.1, -0.05) is 30.7 Å². The van der Waals surface area contributed by atoms with Crippen molar-refractivity contribution in [2.24, 2.45) is 5.73 Å². The van der Waals surface area contributed by atoms with Gasteiger partial charge < -0.3 is 10.8 Å². The van der Waals surface area contributed by atoms with Crippen LogP contribution in [0.25, 0.3) is 0 Å². The summed E-state index contributed by atoms with van der Waals surface area (Å²) in [4.78, 5) is 10.8. The molecule has 0 amide bonds. The first-order valence-electron chi connectivity index (χ1n) is 5.27. The van der Waals surface area contributed by atoms with Crippen LogP contribution in [0.4, 0.5) is 0 Å². The predicted octanol–water partition coefficient (Wildman–Crippen LogP) is 2.64. The molecule has 3 N–H and O–H groups in total. The Labute approximate surface area is 100 Å². The minimum atomic E-state index is -0.839. The van der Waals surface area contributed by atoms with Crippen molar-refractivity contribution in [3.05, 3.63) is 34.9 Å². The van der Waals surface area contributed by atoms with Crippen molar-refractivity contribution in [3.63, 3.8) is 0 Å². The maximum Gasteiger partial charge on any atom is 0.304 e. The van der Waals surface area contributed by atoms with E-state index in [1.165, 1.54) is 0 Å². The molecule has 1 rings (SSSR count). The molecule has 0 spiro atoms. The average Bonchev–Trinajstić information content (AvgIpc) is 2.24. The number of hydrogen-bond acceptors (Lipinski definition) is 2. The molecule has 2 unspecified atom stereocenters. The second-order valence-electron chi connectivity index (χ2n) is 3.83. The largest absolute Gasteiger partial charge is 0.481 e. The number of carbonyl (C=O) groups is 1. The van der Waals surface area contributed by atoms with Gasteiger partial charge in [0.1, 0.15) is 0 Å². The highest BCUT2D eigenvalue weighted by atomic mass is 35.5. The Kier molecular flexibility index (Phi) is 4.77. The average molecular weight is 242 g/mol. The topological polar surface area (TPSA) is 63.3 Å². The molecule has 0 aliphatic rings. The van der Waals surface area contributed by atoms with Crippen LogP contribution >= 0.6 is 11.6 Å². The zero-order valence-corrected chi connectivity index (χ0v) is 9.95. The fraction of sp³-hybridized carbons (Fsp3) is 0.417. The molecule has 4 heteroatoms. The second-order valence-corrected chi connectivity index (χ2v) is 4.27. The zero-order chi connectivity index (χ0) is 12.1. The lowest BCUT2D eigenvalue weighted by Crippen LogP contribution is -2.29. The molecule has 0 aliphatic heterocycles. The van der Waals surface area contributed by atoms with Gasteiger partial charge in [0, 0.05) is 17.0 Å². The molecule has 2 atom stereocenters. The fourth-order valence-electron chi connectivity index (χ4n) is 1.73. The van der Waals surface area contributed by atoms with Gasteiger partial charge >= 0.3 is 5.97 Å². The Morgan fingerprint density at radius 1 is 1.56 bits per heavy atom. The molecule has 88 valence electrons. The number of benzene rings is 1. The van der Waals surface area contributed by atoms with E-state index in [1.807, 2.05) is 19.1 Å². The molecule has 0 aromatic heterocycles. The third kappa shape index (κ3) is 3.51. The lowest BCUT2D eigenvalue weighted by atomic mass is 9.88. The maximum absolute atomic E-state index is 10.8. The van der Waals surface area contributed by atoms with Crippen LogP contribution in [0.1, 0.15) is 31.2 Å². The van der Waals surface area contributed by atoms with Crippen molar-refractivity contribution in [2.75, 3.05) is 0 Å². The van der Waals surface area contributed by atoms with Crippen molar-refractivity contribution in [3.8, 4) is 0 Å². The Balaban J connectivity index is 2.95. The fourth-order valence-corrected chi connectivity index (χ4v) is 1.93. The number of rotatable bonds is 5. The number of carboxylic acid groups (broad SMARTS) is 1. The van der Waals surface area contributed by atoms with Gasteiger partial charge in [-0.05, 0) is 24.1 Å². The predicted molar refractivity (Wildman–Crippen MR) is 64.7 cm³/mol. The third-order valence-corrected chi connectivity index (χ3v) is 2.89. The van der Waals surface area contributed by atoms with E-state index < -0.39 is 5.97 Å². The molecular weight excluding hydrogens is 226 g/mol. The standard InChI is InChI=1S/C12H16ClNO2/c1-2-11(14)10(7-12(15)16)8-4-3-5-9(13)6-8/h3-6,10-11H,2,7,14H2,1H3,(H,15,16). The molecule has 16 heavy (non-hydrogen) atoms. The van der Waals surface area contributed by atoms with Crippen LogP contribution in [0, 0.1) is 0 Å². The van der Waals surface area contributed by atoms with E-state index in [9.17, 15) is 4.79 Å². The van der Waals surface area contributed by atoms with Gasteiger partial charge in [0.15, 0.2) is 0 Å². The quantitative estimate of drug-likeness (QED) is 0.833. The van der Waals surface area contributed by atoms with E-state index in [1.54, 1.807) is 12.1 Å². The molecule has 0 aliphatic carbocycles. The highest BCUT2D eigenvalue weighted by molar-refractivity contribution is 6.30. The van der Waals surface area contributed by atoms with Gasteiger partial charge in [-0.3, -0.25) is 4.79 Å². The van der Waals surface area contributed by atoms with E-state index in [2.05, 4.69) is 0 Å². The summed E-state index contributed by atoms with van der Waals surface area (Å²) in [6.07, 6.45) is 0.778. The van der Waals surface area contributed by atoms with Crippen LogP contribution < -0.4 is 5.73 Å². The number of aliphatic carboxylic acids is 1. The molecule has 0 fully saturated rings. The Bertz CT molecular complexity index is 368. The highest BCUT2D eigenvalue weighted by Gasteiger charge is 2.21. The van der Waals surface area contributed by atoms with Crippen molar-refractivity contribution in [1.82, 2.24) is 0 Å². The molecule has 0 bridgehead atoms. The van der Waals surface area contributed by atoms with E-state index >= 15 is 0 Å². The first kappa shape index (κ1) is 13.0. The molecule has 0 saturated carbocycles. The van der Waals surface area contributed by atoms with Crippen LogP contribution in [-0.4, -0.2) is 17.1 Å². The highest BCUT2D eigenvalue weighted by Crippen LogP contribution is 2.26. The summed E-state index contributed by atoms with van der Waals surface area (Å²) in [5.74, 6) is -1.02. The first-order valence-corrected chi connectivity index (χ1v) is 5.65. The third-order valence-electron chi connectivity index (χ3n) is 2.66. The van der Waals surface area contributed by atoms with Gasteiger partial charge in [-0.2, -0.15) is 0 Å². The summed E-state index contributed by atoms with van der Waals surface area (Å²) in [5, 5.41) is 9.48. The maximum atomic E-state index is 10.8. The number of hydrogen-bond donors (Lipinski definition) is 2. The van der Waals surface area contributed by atoms with E-state index in [0.29, 0.717) is 5.02 Å². The molecule has 1 aromatic carbocycles. The summed E-state index contributed by atoms with van der Waals surface area (Å²) in [7, 11) is 0. The molecule has 3 nitrogen and oxygen atoms in total. The second kappa shape index (κ2) is 5.87. The zero-order valence-electron chi connectivity index (χ0n) is 9.19. The molecule has 0 heterocycles. The summed E-state index contributed by atoms with van der Waals surface area (Å²) in [5.41, 5.74) is 6.83. The van der Waals surface area contributed by atoms with E-state index in [-0.39, 0.29) is 18.4 Å². The first-order chi connectivity index (χ1) is 7.54. The molecule has 0 saturated heterocycles. The minimum absolute atomic E-state index is 0.0371. The van der Waals surface area contributed by atoms with Crippen LogP contribution in [0.15, 0.2) is 24.3 Å². The summed E-state index contributed by atoms with van der Waals surface area (Å²) < 4.78 is 0. The van der Waals surface area contributed by atoms with Gasteiger partial charge in [0.05, 0.1) is 6.42 Å². The van der Waals surface area contributed by atoms with Crippen LogP contribution in [0.2, 0.25) is 5.02 Å². The Morgan fingerprint density at radius 3 is 2.75 bits per heavy atom. The summed E-state index contributed by atoms with van der Waals surface area (Å²) in [6, 6.07) is 7.07. The minimum Gasteiger partial charge on any atom is -0.481 e. The molecular formula is C12H16ClNO2. The lowest BCUT2D eigenvalue weighted by molar-refractivity contribution is -0.137. The van der Waals surface area contributed by atoms with Gasteiger partial charge in [-0.25, -0.2) is 0 Å². The SMILES string of the molecule is CCC(N)C(CC(=O)O)c1cccc(Cl)c1.